The van der Waals surface area contributed by atoms with Crippen LogP contribution >= 0.6 is 7.75 Å². The Labute approximate surface area is 186 Å². The Morgan fingerprint density at radius 1 is 1.06 bits per heavy atom. The summed E-state index contributed by atoms with van der Waals surface area (Å²) in [6.07, 6.45) is 3.75. The summed E-state index contributed by atoms with van der Waals surface area (Å²) in [6, 6.07) is 12.5. The smallest absolute Gasteiger partial charge is 0.461 e. The van der Waals surface area contributed by atoms with Crippen LogP contribution in [0.2, 0.25) is 0 Å². The van der Waals surface area contributed by atoms with E-state index < -0.39 is 24.7 Å². The number of nitro benzene ring substituents is 1. The van der Waals surface area contributed by atoms with Crippen LogP contribution in [0.1, 0.15) is 39.5 Å². The second kappa shape index (κ2) is 10.6. The molecule has 10 heteroatoms. The number of hydrogen-bond acceptors (Lipinski definition) is 7. The molecule has 1 saturated carbocycles. The quantitative estimate of drug-likeness (QED) is 0.232. The molecule has 1 unspecified atom stereocenters. The summed E-state index contributed by atoms with van der Waals surface area (Å²) in [7, 11) is -4.10. The molecule has 1 aliphatic carbocycles. The molecule has 1 N–H and O–H groups in total. The molecule has 1 fully saturated rings. The maximum Gasteiger partial charge on any atom is 0.513 e. The predicted octanol–water partition coefficient (Wildman–Crippen LogP) is 5.26. The molecule has 9 nitrogen and oxygen atoms in total. The standard InChI is InChI=1S/C22H27N2O7P/c1-16-8-6-7-11-21(16)29-22(25)17(2)23-32(28,30-19-9-4-3-5-10-19)31-20-14-12-18(13-15-20)24(26)27/h3-5,9-10,12-17,21H,6-8,11H2,1-2H3,(H,23,28)/t16-,17-,21-,32?/m0/s1. The van der Waals surface area contributed by atoms with E-state index in [1.165, 1.54) is 31.2 Å². The van der Waals surface area contributed by atoms with Gasteiger partial charge < -0.3 is 13.8 Å². The monoisotopic (exact) mass is 462 g/mol. The molecule has 32 heavy (non-hydrogen) atoms. The van der Waals surface area contributed by atoms with E-state index in [0.29, 0.717) is 0 Å². The third-order valence-corrected chi connectivity index (χ3v) is 6.85. The van der Waals surface area contributed by atoms with E-state index in [-0.39, 0.29) is 29.2 Å². The number of ether oxygens (including phenoxy) is 1. The highest BCUT2D eigenvalue weighted by atomic mass is 31.2. The molecule has 0 aromatic heterocycles. The van der Waals surface area contributed by atoms with Gasteiger partial charge in [-0.1, -0.05) is 31.5 Å². The number of carbonyl (C=O) groups is 1. The Hall–Kier alpha value is -2.90. The van der Waals surface area contributed by atoms with E-state index in [1.807, 2.05) is 0 Å². The number of carbonyl (C=O) groups excluding carboxylic acids is 1. The molecule has 3 rings (SSSR count). The molecule has 1 aliphatic rings. The molecule has 0 saturated heterocycles. The van der Waals surface area contributed by atoms with Gasteiger partial charge in [0.1, 0.15) is 23.6 Å². The van der Waals surface area contributed by atoms with Crippen molar-refractivity contribution in [1.29, 1.82) is 0 Å². The molecule has 0 aliphatic heterocycles. The fourth-order valence-electron chi connectivity index (χ4n) is 3.46. The summed E-state index contributed by atoms with van der Waals surface area (Å²) in [5.74, 6) is 0.0760. The van der Waals surface area contributed by atoms with Gasteiger partial charge in [0.25, 0.3) is 5.69 Å². The molecule has 0 amide bonds. The largest absolute Gasteiger partial charge is 0.513 e. The third-order valence-electron chi connectivity index (χ3n) is 5.25. The lowest BCUT2D eigenvalue weighted by Gasteiger charge is -2.30. The van der Waals surface area contributed by atoms with Crippen LogP contribution in [0.25, 0.3) is 0 Å². The minimum absolute atomic E-state index is 0.0869. The summed E-state index contributed by atoms with van der Waals surface area (Å²) >= 11 is 0. The summed E-state index contributed by atoms with van der Waals surface area (Å²) in [6.45, 7) is 3.58. The van der Waals surface area contributed by atoms with Gasteiger partial charge in [0.2, 0.25) is 0 Å². The topological polar surface area (TPSA) is 117 Å². The van der Waals surface area contributed by atoms with Gasteiger partial charge in [-0.05, 0) is 56.4 Å². The zero-order chi connectivity index (χ0) is 23.1. The number of hydrogen-bond donors (Lipinski definition) is 1. The summed E-state index contributed by atoms with van der Waals surface area (Å²) in [5.41, 5.74) is -0.136. The van der Waals surface area contributed by atoms with E-state index in [1.54, 1.807) is 30.3 Å². The fourth-order valence-corrected chi connectivity index (χ4v) is 4.98. The first kappa shape index (κ1) is 23.8. The molecular weight excluding hydrogens is 435 g/mol. The van der Waals surface area contributed by atoms with Crippen LogP contribution in [-0.2, 0) is 14.1 Å². The Morgan fingerprint density at radius 2 is 1.66 bits per heavy atom. The first-order valence-electron chi connectivity index (χ1n) is 10.5. The Kier molecular flexibility index (Phi) is 7.88. The van der Waals surface area contributed by atoms with E-state index >= 15 is 0 Å². The van der Waals surface area contributed by atoms with Crippen molar-refractivity contribution in [1.82, 2.24) is 5.09 Å². The lowest BCUT2D eigenvalue weighted by Crippen LogP contribution is -2.39. The number of para-hydroxylation sites is 1. The molecular formula is C22H27N2O7P. The van der Waals surface area contributed by atoms with E-state index in [4.69, 9.17) is 13.8 Å². The predicted molar refractivity (Wildman–Crippen MR) is 119 cm³/mol. The van der Waals surface area contributed by atoms with Crippen molar-refractivity contribution in [3.05, 3.63) is 64.7 Å². The highest BCUT2D eigenvalue weighted by molar-refractivity contribution is 7.52. The maximum atomic E-state index is 13.5. The van der Waals surface area contributed by atoms with Crippen molar-refractivity contribution in [2.45, 2.75) is 51.7 Å². The minimum atomic E-state index is -4.10. The zero-order valence-corrected chi connectivity index (χ0v) is 18.9. The van der Waals surface area contributed by atoms with Gasteiger partial charge in [0.05, 0.1) is 4.92 Å². The van der Waals surface area contributed by atoms with Crippen LogP contribution in [0.15, 0.2) is 54.6 Å². The highest BCUT2D eigenvalue weighted by Crippen LogP contribution is 2.45. The Bertz CT molecular complexity index is 968. The van der Waals surface area contributed by atoms with E-state index in [9.17, 15) is 19.5 Å². The molecule has 4 atom stereocenters. The SMILES string of the molecule is C[C@H](NP(=O)(Oc1ccccc1)Oc1ccc([N+](=O)[O-])cc1)C(=O)O[C@H]1CCCC[C@@H]1C. The Morgan fingerprint density at radius 3 is 2.25 bits per heavy atom. The number of nitro groups is 1. The van der Waals surface area contributed by atoms with Crippen molar-refractivity contribution in [2.24, 2.45) is 5.92 Å². The van der Waals surface area contributed by atoms with Crippen molar-refractivity contribution in [3.8, 4) is 11.5 Å². The van der Waals surface area contributed by atoms with E-state index in [2.05, 4.69) is 12.0 Å². The molecule has 0 bridgehead atoms. The molecule has 2 aromatic carbocycles. The molecule has 172 valence electrons. The number of non-ortho nitro benzene ring substituents is 1. The van der Waals surface area contributed by atoms with Gasteiger partial charge in [-0.25, -0.2) is 4.57 Å². The average molecular weight is 462 g/mol. The number of rotatable bonds is 9. The number of nitrogens with one attached hydrogen (secondary N) is 1. The van der Waals surface area contributed by atoms with Crippen LogP contribution in [0, 0.1) is 16.0 Å². The molecule has 0 radical (unpaired) electrons. The molecule has 2 aromatic rings. The first-order valence-corrected chi connectivity index (χ1v) is 12.1. The molecule has 0 spiro atoms. The normalized spacial score (nSPS) is 21.1. The van der Waals surface area contributed by atoms with E-state index in [0.717, 1.165) is 25.7 Å². The third kappa shape index (κ3) is 6.55. The number of benzene rings is 2. The minimum Gasteiger partial charge on any atom is -0.461 e. The molecule has 0 heterocycles. The lowest BCUT2D eigenvalue weighted by atomic mass is 9.88. The van der Waals surface area contributed by atoms with Gasteiger partial charge in [0, 0.05) is 12.1 Å². The van der Waals surface area contributed by atoms with Crippen LogP contribution in [-0.4, -0.2) is 23.0 Å². The zero-order valence-electron chi connectivity index (χ0n) is 18.0. The average Bonchev–Trinajstić information content (AvgIpc) is 2.76. The van der Waals surface area contributed by atoms with Gasteiger partial charge >= 0.3 is 13.7 Å². The van der Waals surface area contributed by atoms with Crippen molar-refractivity contribution < 1.29 is 28.1 Å². The highest BCUT2D eigenvalue weighted by Gasteiger charge is 2.35. The van der Waals surface area contributed by atoms with Gasteiger partial charge in [-0.3, -0.25) is 14.9 Å². The van der Waals surface area contributed by atoms with Crippen molar-refractivity contribution in [2.75, 3.05) is 0 Å². The van der Waals surface area contributed by atoms with Crippen LogP contribution in [0.5, 0.6) is 11.5 Å². The van der Waals surface area contributed by atoms with Crippen molar-refractivity contribution >= 4 is 19.4 Å². The Balaban J connectivity index is 1.74. The second-order valence-electron chi connectivity index (χ2n) is 7.83. The van der Waals surface area contributed by atoms with Crippen LogP contribution < -0.4 is 14.1 Å². The van der Waals surface area contributed by atoms with Crippen LogP contribution in [0.4, 0.5) is 5.69 Å². The summed E-state index contributed by atoms with van der Waals surface area (Å²) in [5, 5.41) is 13.5. The summed E-state index contributed by atoms with van der Waals surface area (Å²) in [4.78, 5) is 23.0. The second-order valence-corrected chi connectivity index (χ2v) is 9.45. The van der Waals surface area contributed by atoms with Gasteiger partial charge in [-0.15, -0.1) is 0 Å². The fraction of sp³-hybridized carbons (Fsp3) is 0.409. The number of nitrogens with zero attached hydrogens (tertiary/aromatic N) is 1. The first-order chi connectivity index (χ1) is 15.3. The number of esters is 1. The van der Waals surface area contributed by atoms with Gasteiger partial charge in [-0.2, -0.15) is 5.09 Å². The maximum absolute atomic E-state index is 13.5. The van der Waals surface area contributed by atoms with Crippen molar-refractivity contribution in [3.63, 3.8) is 0 Å². The summed E-state index contributed by atoms with van der Waals surface area (Å²) < 4.78 is 30.4. The van der Waals surface area contributed by atoms with Gasteiger partial charge in [0.15, 0.2) is 0 Å². The lowest BCUT2D eigenvalue weighted by molar-refractivity contribution is -0.384. The van der Waals surface area contributed by atoms with Crippen LogP contribution in [0.3, 0.4) is 0 Å².